The molecule has 4 rings (SSSR count). The number of anilines is 1. The Morgan fingerprint density at radius 1 is 1.17 bits per heavy atom. The van der Waals surface area contributed by atoms with E-state index in [0.29, 0.717) is 5.02 Å². The van der Waals surface area contributed by atoms with E-state index in [2.05, 4.69) is 21.2 Å². The molecule has 0 spiro atoms. The number of benzene rings is 2. The second-order valence-electron chi connectivity index (χ2n) is 7.90. The van der Waals surface area contributed by atoms with Crippen LogP contribution in [-0.2, 0) is 6.54 Å². The third kappa shape index (κ3) is 4.85. The predicted molar refractivity (Wildman–Crippen MR) is 117 cm³/mol. The van der Waals surface area contributed by atoms with Crippen molar-refractivity contribution in [3.63, 3.8) is 0 Å². The summed E-state index contributed by atoms with van der Waals surface area (Å²) in [5.41, 5.74) is 2.92. The van der Waals surface area contributed by atoms with Crippen LogP contribution in [0.15, 0.2) is 42.5 Å². The van der Waals surface area contributed by atoms with E-state index in [-0.39, 0.29) is 11.9 Å². The monoisotopic (exact) mass is 413 g/mol. The third-order valence-corrected chi connectivity index (χ3v) is 6.03. The van der Waals surface area contributed by atoms with Crippen LogP contribution in [0, 0.1) is 0 Å². The van der Waals surface area contributed by atoms with Crippen LogP contribution in [0.2, 0.25) is 5.02 Å². The second kappa shape index (κ2) is 9.06. The first kappa shape index (κ1) is 20.0. The van der Waals surface area contributed by atoms with Crippen molar-refractivity contribution in [2.75, 3.05) is 38.2 Å². The highest BCUT2D eigenvalue weighted by Gasteiger charge is 2.26. The average molecular weight is 414 g/mol. The average Bonchev–Trinajstić information content (AvgIpc) is 3.40. The number of carbonyl (C=O) groups excluding carboxylic acids is 1. The number of halogens is 1. The van der Waals surface area contributed by atoms with Gasteiger partial charge in [-0.1, -0.05) is 23.7 Å². The number of hydrogen-bond acceptors (Lipinski definition) is 4. The number of methoxy groups -OCH3 is 1. The lowest BCUT2D eigenvalue weighted by Gasteiger charge is -2.22. The van der Waals surface area contributed by atoms with Gasteiger partial charge in [0.25, 0.3) is 5.91 Å². The van der Waals surface area contributed by atoms with Crippen LogP contribution in [0.3, 0.4) is 0 Å². The van der Waals surface area contributed by atoms with Crippen LogP contribution in [0.25, 0.3) is 0 Å². The molecule has 2 saturated heterocycles. The topological polar surface area (TPSA) is 44.8 Å². The van der Waals surface area contributed by atoms with Gasteiger partial charge in [-0.25, -0.2) is 0 Å². The lowest BCUT2D eigenvalue weighted by atomic mass is 10.1. The number of rotatable bonds is 6. The highest BCUT2D eigenvalue weighted by Crippen LogP contribution is 2.33. The molecule has 1 atom stereocenters. The van der Waals surface area contributed by atoms with E-state index < -0.39 is 0 Å². The fraction of sp³-hybridized carbons (Fsp3) is 0.435. The SMILES string of the molecule is COc1ccc(Cl)cc1N1CCC(NC(=O)c2cccc(CN3CCCC3)c2)C1. The molecule has 0 bridgehead atoms. The van der Waals surface area contributed by atoms with Gasteiger partial charge in [-0.3, -0.25) is 9.69 Å². The lowest BCUT2D eigenvalue weighted by molar-refractivity contribution is 0.0940. The molecule has 6 heteroatoms. The van der Waals surface area contributed by atoms with Gasteiger partial charge in [0, 0.05) is 36.3 Å². The number of nitrogens with zero attached hydrogens (tertiary/aromatic N) is 2. The maximum Gasteiger partial charge on any atom is 0.251 e. The number of nitrogens with one attached hydrogen (secondary N) is 1. The highest BCUT2D eigenvalue weighted by molar-refractivity contribution is 6.30. The van der Waals surface area contributed by atoms with E-state index in [4.69, 9.17) is 16.3 Å². The summed E-state index contributed by atoms with van der Waals surface area (Å²) in [6.45, 7) is 4.84. The molecule has 2 aromatic rings. The maximum atomic E-state index is 12.8. The summed E-state index contributed by atoms with van der Waals surface area (Å²) in [7, 11) is 1.66. The van der Waals surface area contributed by atoms with Crippen LogP contribution in [0.5, 0.6) is 5.75 Å². The van der Waals surface area contributed by atoms with Gasteiger partial charge in [-0.2, -0.15) is 0 Å². The van der Waals surface area contributed by atoms with Gasteiger partial charge in [0.1, 0.15) is 5.75 Å². The highest BCUT2D eigenvalue weighted by atomic mass is 35.5. The van der Waals surface area contributed by atoms with E-state index in [1.807, 2.05) is 36.4 Å². The molecular weight excluding hydrogens is 386 g/mol. The molecule has 1 N–H and O–H groups in total. The normalized spacial score (nSPS) is 19.5. The van der Waals surface area contributed by atoms with Crippen LogP contribution in [0.4, 0.5) is 5.69 Å². The van der Waals surface area contributed by atoms with E-state index in [1.54, 1.807) is 7.11 Å². The Balaban J connectivity index is 1.38. The number of likely N-dealkylation sites (tertiary alicyclic amines) is 1. The lowest BCUT2D eigenvalue weighted by Crippen LogP contribution is -2.37. The first-order valence-corrected chi connectivity index (χ1v) is 10.7. The molecular formula is C23H28ClN3O2. The minimum absolute atomic E-state index is 0.00168. The number of ether oxygens (including phenoxy) is 1. The van der Waals surface area contributed by atoms with E-state index in [0.717, 1.165) is 56.1 Å². The van der Waals surface area contributed by atoms with Crippen molar-refractivity contribution < 1.29 is 9.53 Å². The summed E-state index contributed by atoms with van der Waals surface area (Å²) in [5.74, 6) is 0.800. The Morgan fingerprint density at radius 2 is 2.00 bits per heavy atom. The van der Waals surface area contributed by atoms with E-state index >= 15 is 0 Å². The molecule has 2 aromatic carbocycles. The molecule has 2 aliphatic heterocycles. The zero-order valence-corrected chi connectivity index (χ0v) is 17.6. The first-order chi connectivity index (χ1) is 14.1. The van der Waals surface area contributed by atoms with Gasteiger partial charge in [0.05, 0.1) is 12.8 Å². The molecule has 0 radical (unpaired) electrons. The molecule has 1 amide bonds. The molecule has 1 unspecified atom stereocenters. The maximum absolute atomic E-state index is 12.8. The van der Waals surface area contributed by atoms with Gasteiger partial charge in [-0.15, -0.1) is 0 Å². The molecule has 2 heterocycles. The zero-order chi connectivity index (χ0) is 20.2. The summed E-state index contributed by atoms with van der Waals surface area (Å²) in [5, 5.41) is 3.88. The first-order valence-electron chi connectivity index (χ1n) is 10.3. The van der Waals surface area contributed by atoms with Crippen LogP contribution < -0.4 is 15.0 Å². The Labute approximate surface area is 177 Å². The summed E-state index contributed by atoms with van der Waals surface area (Å²) >= 11 is 6.17. The third-order valence-electron chi connectivity index (χ3n) is 5.80. The number of hydrogen-bond donors (Lipinski definition) is 1. The van der Waals surface area contributed by atoms with Crippen molar-refractivity contribution in [1.29, 1.82) is 0 Å². The minimum Gasteiger partial charge on any atom is -0.495 e. The van der Waals surface area contributed by atoms with Crippen molar-refractivity contribution in [3.8, 4) is 5.75 Å². The van der Waals surface area contributed by atoms with Crippen LogP contribution in [0.1, 0.15) is 35.2 Å². The fourth-order valence-corrected chi connectivity index (χ4v) is 4.45. The van der Waals surface area contributed by atoms with Crippen molar-refractivity contribution in [3.05, 3.63) is 58.6 Å². The fourth-order valence-electron chi connectivity index (χ4n) is 4.29. The molecule has 29 heavy (non-hydrogen) atoms. The molecule has 5 nitrogen and oxygen atoms in total. The molecule has 2 aliphatic rings. The van der Waals surface area contributed by atoms with Gasteiger partial charge >= 0.3 is 0 Å². The van der Waals surface area contributed by atoms with Crippen molar-refractivity contribution in [2.24, 2.45) is 0 Å². The van der Waals surface area contributed by atoms with E-state index in [9.17, 15) is 4.79 Å². The van der Waals surface area contributed by atoms with Crippen molar-refractivity contribution in [1.82, 2.24) is 10.2 Å². The summed E-state index contributed by atoms with van der Waals surface area (Å²) in [6.07, 6.45) is 3.44. The Bertz CT molecular complexity index is 867. The van der Waals surface area contributed by atoms with Gasteiger partial charge < -0.3 is 15.0 Å². The Morgan fingerprint density at radius 3 is 2.79 bits per heavy atom. The van der Waals surface area contributed by atoms with Crippen LogP contribution >= 0.6 is 11.6 Å². The summed E-state index contributed by atoms with van der Waals surface area (Å²) < 4.78 is 5.47. The molecule has 0 aliphatic carbocycles. The molecule has 0 aromatic heterocycles. The quantitative estimate of drug-likeness (QED) is 0.778. The number of carbonyl (C=O) groups is 1. The summed E-state index contributed by atoms with van der Waals surface area (Å²) in [6, 6.07) is 13.8. The van der Waals surface area contributed by atoms with E-state index in [1.165, 1.54) is 18.4 Å². The standard InChI is InChI=1S/C23H28ClN3O2/c1-29-22-8-7-19(24)14-21(22)27-12-9-20(16-27)25-23(28)18-6-4-5-17(13-18)15-26-10-2-3-11-26/h4-8,13-14,20H,2-3,9-12,15-16H2,1H3,(H,25,28). The molecule has 154 valence electrons. The van der Waals surface area contributed by atoms with Crippen molar-refractivity contribution in [2.45, 2.75) is 31.8 Å². The summed E-state index contributed by atoms with van der Waals surface area (Å²) in [4.78, 5) is 17.5. The Kier molecular flexibility index (Phi) is 6.26. The van der Waals surface area contributed by atoms with Crippen LogP contribution in [-0.4, -0.2) is 50.1 Å². The van der Waals surface area contributed by atoms with Gasteiger partial charge in [0.15, 0.2) is 0 Å². The number of amides is 1. The largest absolute Gasteiger partial charge is 0.495 e. The zero-order valence-electron chi connectivity index (χ0n) is 16.9. The smallest absolute Gasteiger partial charge is 0.251 e. The minimum atomic E-state index is -0.00168. The Hall–Kier alpha value is -2.24. The van der Waals surface area contributed by atoms with Gasteiger partial charge in [0.2, 0.25) is 0 Å². The molecule has 2 fully saturated rings. The van der Waals surface area contributed by atoms with Crippen molar-refractivity contribution >= 4 is 23.2 Å². The predicted octanol–water partition coefficient (Wildman–Crippen LogP) is 3.95. The molecule has 0 saturated carbocycles. The van der Waals surface area contributed by atoms with Gasteiger partial charge in [-0.05, 0) is 68.2 Å². The second-order valence-corrected chi connectivity index (χ2v) is 8.34.